The quantitative estimate of drug-likeness (QED) is 0.236. The van der Waals surface area contributed by atoms with Crippen LogP contribution in [-0.4, -0.2) is 59.2 Å². The minimum atomic E-state index is -0.373. The van der Waals surface area contributed by atoms with E-state index in [2.05, 4.69) is 10.6 Å². The number of rotatable bonds is 11. The van der Waals surface area contributed by atoms with Gasteiger partial charge >= 0.3 is 0 Å². The Hall–Kier alpha value is -1.32. The highest BCUT2D eigenvalue weighted by Gasteiger charge is 2.36. The van der Waals surface area contributed by atoms with Crippen LogP contribution in [0.15, 0.2) is 12.2 Å². The maximum absolute atomic E-state index is 11.9. The number of hydrogen-bond donors (Lipinski definition) is 2. The topological polar surface area (TPSA) is 95.6 Å². The van der Waals surface area contributed by atoms with Crippen molar-refractivity contribution in [2.24, 2.45) is 0 Å². The van der Waals surface area contributed by atoms with E-state index >= 15 is 0 Å². The summed E-state index contributed by atoms with van der Waals surface area (Å²) < 4.78 is 0.0904. The average Bonchev–Trinajstić information content (AvgIpc) is 3.36. The number of carbonyl (C=O) groups excluding carboxylic acids is 4. The summed E-state index contributed by atoms with van der Waals surface area (Å²) in [5.74, 6) is -0.690. The van der Waals surface area contributed by atoms with Crippen LogP contribution in [0.2, 0.25) is 0 Å². The molecule has 0 aromatic carbocycles. The Labute approximate surface area is 148 Å². The number of Topliss-reactive ketones (excluding diaryl/α,β-unsaturated/α-hetero) is 1. The van der Waals surface area contributed by atoms with Crippen molar-refractivity contribution in [3.8, 4) is 0 Å². The summed E-state index contributed by atoms with van der Waals surface area (Å²) in [6, 6.07) is -0.118. The molecular weight excluding hydrogens is 350 g/mol. The number of nitrogens with zero attached hydrogens (tertiary/aromatic N) is 1. The highest BCUT2D eigenvalue weighted by molar-refractivity contribution is 8.93. The standard InChI is InChI=1S/C15H21N3O4S2/c1-16-10(14(22)15-23-24-15)4-2-3-8-17-11(19)7-9-18-12(20)5-6-13(18)21/h5-6,10,15-16H,2-4,7-9H2,1H3,(H,17,19). The molecular formula is C15H21N3O4S2. The number of ketones is 1. The van der Waals surface area contributed by atoms with Gasteiger partial charge in [0.2, 0.25) is 5.91 Å². The number of amides is 3. The lowest BCUT2D eigenvalue weighted by atomic mass is 10.1. The number of unbranched alkanes of at least 4 members (excludes halogenated alkanes) is 1. The molecule has 0 saturated carbocycles. The van der Waals surface area contributed by atoms with E-state index < -0.39 is 0 Å². The molecule has 24 heavy (non-hydrogen) atoms. The molecule has 2 N–H and O–H groups in total. The van der Waals surface area contributed by atoms with E-state index in [1.165, 1.54) is 12.2 Å². The lowest BCUT2D eigenvalue weighted by molar-refractivity contribution is -0.137. The van der Waals surface area contributed by atoms with Crippen LogP contribution >= 0.6 is 21.6 Å². The van der Waals surface area contributed by atoms with Gasteiger partial charge in [-0.05, 0) is 26.3 Å². The van der Waals surface area contributed by atoms with Gasteiger partial charge in [0.15, 0.2) is 5.78 Å². The van der Waals surface area contributed by atoms with E-state index in [-0.39, 0.29) is 47.1 Å². The molecule has 2 aliphatic rings. The zero-order chi connectivity index (χ0) is 17.5. The maximum Gasteiger partial charge on any atom is 0.253 e. The molecule has 1 fully saturated rings. The van der Waals surface area contributed by atoms with Crippen LogP contribution in [0.4, 0.5) is 0 Å². The fourth-order valence-electron chi connectivity index (χ4n) is 2.37. The van der Waals surface area contributed by atoms with Crippen molar-refractivity contribution in [3.05, 3.63) is 12.2 Å². The smallest absolute Gasteiger partial charge is 0.253 e. The van der Waals surface area contributed by atoms with Crippen molar-refractivity contribution in [1.29, 1.82) is 0 Å². The molecule has 7 nitrogen and oxygen atoms in total. The lowest BCUT2D eigenvalue weighted by Crippen LogP contribution is -2.36. The Kier molecular flexibility index (Phi) is 7.32. The first-order valence-corrected chi connectivity index (χ1v) is 10.1. The molecule has 1 atom stereocenters. The van der Waals surface area contributed by atoms with Gasteiger partial charge in [0.05, 0.1) is 6.04 Å². The SMILES string of the molecule is CNC(CCCCNC(=O)CCN1C(=O)C=CC1=O)C(=O)C1SS1. The Morgan fingerprint density at radius 1 is 1.21 bits per heavy atom. The second kappa shape index (κ2) is 9.24. The van der Waals surface area contributed by atoms with Gasteiger partial charge in [-0.1, -0.05) is 21.6 Å². The minimum Gasteiger partial charge on any atom is -0.356 e. The molecule has 0 aromatic rings. The second-order valence-corrected chi connectivity index (χ2v) is 8.31. The summed E-state index contributed by atoms with van der Waals surface area (Å²) in [6.45, 7) is 0.625. The van der Waals surface area contributed by atoms with E-state index in [9.17, 15) is 19.2 Å². The van der Waals surface area contributed by atoms with Gasteiger partial charge in [-0.25, -0.2) is 0 Å². The van der Waals surface area contributed by atoms with Gasteiger partial charge in [0.1, 0.15) is 4.58 Å². The molecule has 0 spiro atoms. The second-order valence-electron chi connectivity index (χ2n) is 5.53. The van der Waals surface area contributed by atoms with Crippen LogP contribution in [0.5, 0.6) is 0 Å². The van der Waals surface area contributed by atoms with E-state index in [1.807, 2.05) is 0 Å². The fourth-order valence-corrected chi connectivity index (χ4v) is 3.68. The Morgan fingerprint density at radius 3 is 2.46 bits per heavy atom. The molecule has 1 saturated heterocycles. The van der Waals surface area contributed by atoms with Crippen LogP contribution in [0, 0.1) is 0 Å². The van der Waals surface area contributed by atoms with Crippen LogP contribution in [0.25, 0.3) is 0 Å². The minimum absolute atomic E-state index is 0.0904. The highest BCUT2D eigenvalue weighted by Crippen LogP contribution is 2.54. The first kappa shape index (κ1) is 19.0. The van der Waals surface area contributed by atoms with Crippen LogP contribution in [-0.2, 0) is 19.2 Å². The molecule has 0 aromatic heterocycles. The molecule has 2 heterocycles. The summed E-state index contributed by atoms with van der Waals surface area (Å²) >= 11 is 0. The lowest BCUT2D eigenvalue weighted by Gasteiger charge is -2.14. The third-order valence-corrected chi connectivity index (χ3v) is 5.83. The van der Waals surface area contributed by atoms with Crippen molar-refractivity contribution in [2.45, 2.75) is 36.3 Å². The summed E-state index contributed by atoms with van der Waals surface area (Å²) in [4.78, 5) is 47.4. The van der Waals surface area contributed by atoms with E-state index in [1.54, 1.807) is 28.6 Å². The van der Waals surface area contributed by atoms with Gasteiger partial charge in [0.25, 0.3) is 11.8 Å². The third kappa shape index (κ3) is 5.64. The van der Waals surface area contributed by atoms with E-state index in [4.69, 9.17) is 0 Å². The molecule has 0 bridgehead atoms. The number of nitrogens with one attached hydrogen (secondary N) is 2. The number of imide groups is 1. The molecule has 0 aliphatic carbocycles. The molecule has 1 unspecified atom stereocenters. The van der Waals surface area contributed by atoms with Gasteiger partial charge in [-0.15, -0.1) is 0 Å². The summed E-state index contributed by atoms with van der Waals surface area (Å²) in [7, 11) is 4.98. The maximum atomic E-state index is 11.9. The third-order valence-electron chi connectivity index (χ3n) is 3.82. The van der Waals surface area contributed by atoms with Gasteiger partial charge in [-0.2, -0.15) is 0 Å². The van der Waals surface area contributed by atoms with Gasteiger partial charge in [-0.3, -0.25) is 24.1 Å². The molecule has 3 amide bonds. The fraction of sp³-hybridized carbons (Fsp3) is 0.600. The number of carbonyl (C=O) groups is 4. The van der Waals surface area contributed by atoms with E-state index in [0.29, 0.717) is 6.54 Å². The van der Waals surface area contributed by atoms with Crippen LogP contribution in [0.1, 0.15) is 25.7 Å². The molecule has 0 radical (unpaired) electrons. The van der Waals surface area contributed by atoms with E-state index in [0.717, 1.165) is 24.2 Å². The van der Waals surface area contributed by atoms with Crippen molar-refractivity contribution in [3.63, 3.8) is 0 Å². The highest BCUT2D eigenvalue weighted by atomic mass is 33.2. The molecule has 9 heteroatoms. The Bertz CT molecular complexity index is 531. The zero-order valence-electron chi connectivity index (χ0n) is 13.4. The molecule has 132 valence electrons. The monoisotopic (exact) mass is 371 g/mol. The normalized spacial score (nSPS) is 18.1. The zero-order valence-corrected chi connectivity index (χ0v) is 15.1. The Morgan fingerprint density at radius 2 is 1.88 bits per heavy atom. The summed E-state index contributed by atoms with van der Waals surface area (Å²) in [5, 5.41) is 5.81. The first-order valence-electron chi connectivity index (χ1n) is 7.86. The van der Waals surface area contributed by atoms with Crippen LogP contribution < -0.4 is 10.6 Å². The largest absolute Gasteiger partial charge is 0.356 e. The number of hydrogen-bond acceptors (Lipinski definition) is 7. The first-order chi connectivity index (χ1) is 11.5. The average molecular weight is 371 g/mol. The predicted molar refractivity (Wildman–Crippen MR) is 94.2 cm³/mol. The predicted octanol–water partition coefficient (Wildman–Crippen LogP) is 0.466. The van der Waals surface area contributed by atoms with Crippen molar-refractivity contribution >= 4 is 45.1 Å². The summed E-state index contributed by atoms with van der Waals surface area (Å²) in [6.07, 6.45) is 4.90. The molecule has 2 rings (SSSR count). The van der Waals surface area contributed by atoms with Crippen molar-refractivity contribution < 1.29 is 19.2 Å². The number of likely N-dealkylation sites (N-methyl/N-ethyl adjacent to an activating group) is 1. The molecule has 2 aliphatic heterocycles. The van der Waals surface area contributed by atoms with Gasteiger partial charge < -0.3 is 10.6 Å². The van der Waals surface area contributed by atoms with Crippen molar-refractivity contribution in [1.82, 2.24) is 15.5 Å². The summed E-state index contributed by atoms with van der Waals surface area (Å²) in [5.41, 5.74) is 0. The van der Waals surface area contributed by atoms with Crippen molar-refractivity contribution in [2.75, 3.05) is 20.1 Å². The Balaban J connectivity index is 1.53. The van der Waals surface area contributed by atoms with Crippen LogP contribution in [0.3, 0.4) is 0 Å². The van der Waals surface area contributed by atoms with Gasteiger partial charge in [0, 0.05) is 31.7 Å².